The Bertz CT molecular complexity index is 537. The molecule has 1 aromatic carbocycles. The predicted molar refractivity (Wildman–Crippen MR) is 89.7 cm³/mol. The number of hydrogen-bond donors (Lipinski definition) is 1. The van der Waals surface area contributed by atoms with E-state index in [4.69, 9.17) is 0 Å². The van der Waals surface area contributed by atoms with Crippen LogP contribution in [0.5, 0.6) is 0 Å². The van der Waals surface area contributed by atoms with Gasteiger partial charge in [-0.25, -0.2) is 0 Å². The van der Waals surface area contributed by atoms with Crippen LogP contribution in [0.3, 0.4) is 0 Å². The van der Waals surface area contributed by atoms with E-state index >= 15 is 0 Å². The average molecular weight is 283 g/mol. The molecular formula is C18H25N3. The summed E-state index contributed by atoms with van der Waals surface area (Å²) in [7, 11) is 4.16. The van der Waals surface area contributed by atoms with Crippen molar-refractivity contribution in [2.45, 2.75) is 25.8 Å². The number of hydrogen-bond acceptors (Lipinski definition) is 3. The molecule has 0 aliphatic heterocycles. The van der Waals surface area contributed by atoms with Gasteiger partial charge in [0, 0.05) is 38.2 Å². The Labute approximate surface area is 128 Å². The van der Waals surface area contributed by atoms with Crippen molar-refractivity contribution < 1.29 is 0 Å². The lowest BCUT2D eigenvalue weighted by atomic mass is 9.98. The zero-order chi connectivity index (χ0) is 15.1. The minimum atomic E-state index is 0.340. The minimum Gasteiger partial charge on any atom is -0.378 e. The summed E-state index contributed by atoms with van der Waals surface area (Å²) >= 11 is 0. The lowest BCUT2D eigenvalue weighted by Gasteiger charge is -2.21. The molecule has 0 amide bonds. The molecular weight excluding hydrogens is 258 g/mol. The second kappa shape index (κ2) is 7.79. The summed E-state index contributed by atoms with van der Waals surface area (Å²) < 4.78 is 0. The van der Waals surface area contributed by atoms with Crippen LogP contribution in [0.1, 0.15) is 30.5 Å². The first-order valence-electron chi connectivity index (χ1n) is 7.60. The van der Waals surface area contributed by atoms with Crippen LogP contribution in [0.4, 0.5) is 5.69 Å². The first-order valence-corrected chi connectivity index (χ1v) is 7.60. The van der Waals surface area contributed by atoms with Gasteiger partial charge in [-0.3, -0.25) is 4.98 Å². The third-order valence-corrected chi connectivity index (χ3v) is 3.62. The fourth-order valence-corrected chi connectivity index (χ4v) is 2.40. The molecule has 3 nitrogen and oxygen atoms in total. The molecule has 2 rings (SSSR count). The molecule has 1 heterocycles. The summed E-state index contributed by atoms with van der Waals surface area (Å²) in [5.41, 5.74) is 3.89. The van der Waals surface area contributed by atoms with Crippen LogP contribution in [0.15, 0.2) is 48.8 Å². The van der Waals surface area contributed by atoms with Crippen molar-refractivity contribution in [2.75, 3.05) is 25.5 Å². The van der Waals surface area contributed by atoms with Crippen LogP contribution in [-0.4, -0.2) is 25.6 Å². The number of aromatic nitrogens is 1. The van der Waals surface area contributed by atoms with E-state index in [0.717, 1.165) is 19.4 Å². The molecule has 0 radical (unpaired) electrons. The number of anilines is 1. The molecule has 1 unspecified atom stereocenters. The number of nitrogens with zero attached hydrogens (tertiary/aromatic N) is 2. The highest BCUT2D eigenvalue weighted by Gasteiger charge is 2.12. The maximum atomic E-state index is 4.10. The zero-order valence-electron chi connectivity index (χ0n) is 13.2. The van der Waals surface area contributed by atoms with Crippen LogP contribution in [0.25, 0.3) is 0 Å². The first-order chi connectivity index (χ1) is 10.2. The van der Waals surface area contributed by atoms with E-state index in [0.29, 0.717) is 6.04 Å². The molecule has 21 heavy (non-hydrogen) atoms. The molecule has 1 aromatic heterocycles. The summed E-state index contributed by atoms with van der Waals surface area (Å²) in [6.07, 6.45) is 5.85. The summed E-state index contributed by atoms with van der Waals surface area (Å²) in [5, 5.41) is 3.66. The summed E-state index contributed by atoms with van der Waals surface area (Å²) in [4.78, 5) is 6.24. The third-order valence-electron chi connectivity index (χ3n) is 3.62. The largest absolute Gasteiger partial charge is 0.378 e. The van der Waals surface area contributed by atoms with Crippen LogP contribution in [0.2, 0.25) is 0 Å². The fraction of sp³-hybridized carbons (Fsp3) is 0.389. The van der Waals surface area contributed by atoms with E-state index in [-0.39, 0.29) is 0 Å². The van der Waals surface area contributed by atoms with E-state index in [1.54, 1.807) is 0 Å². The van der Waals surface area contributed by atoms with Crippen molar-refractivity contribution in [3.8, 4) is 0 Å². The Balaban J connectivity index is 2.20. The van der Waals surface area contributed by atoms with Gasteiger partial charge in [-0.2, -0.15) is 0 Å². The minimum absolute atomic E-state index is 0.340. The Morgan fingerprint density at radius 3 is 2.57 bits per heavy atom. The predicted octanol–water partition coefficient (Wildman–Crippen LogP) is 3.43. The lowest BCUT2D eigenvalue weighted by molar-refractivity contribution is 0.529. The molecule has 112 valence electrons. The van der Waals surface area contributed by atoms with Crippen molar-refractivity contribution >= 4 is 5.69 Å². The zero-order valence-corrected chi connectivity index (χ0v) is 13.2. The van der Waals surface area contributed by atoms with Gasteiger partial charge in [0.2, 0.25) is 0 Å². The van der Waals surface area contributed by atoms with E-state index in [9.17, 15) is 0 Å². The van der Waals surface area contributed by atoms with Crippen LogP contribution >= 0.6 is 0 Å². The maximum Gasteiger partial charge on any atom is 0.0364 e. The number of benzene rings is 1. The van der Waals surface area contributed by atoms with Gasteiger partial charge < -0.3 is 10.2 Å². The molecule has 0 saturated heterocycles. The van der Waals surface area contributed by atoms with E-state index < -0.39 is 0 Å². The van der Waals surface area contributed by atoms with E-state index in [1.807, 2.05) is 12.4 Å². The third kappa shape index (κ3) is 4.57. The highest BCUT2D eigenvalue weighted by Crippen LogP contribution is 2.22. The molecule has 3 heteroatoms. The van der Waals surface area contributed by atoms with Gasteiger partial charge in [0.05, 0.1) is 0 Å². The van der Waals surface area contributed by atoms with Gasteiger partial charge in [-0.05, 0) is 54.8 Å². The Morgan fingerprint density at radius 1 is 1.14 bits per heavy atom. The standard InChI is InChI=1S/C18H25N3/c1-4-10-20-18(13-15-8-11-19-12-9-15)16-6-5-7-17(14-16)21(2)3/h5-9,11-12,14,18,20H,4,10,13H2,1-3H3. The molecule has 1 N–H and O–H groups in total. The van der Waals surface area contributed by atoms with Crippen molar-refractivity contribution in [3.63, 3.8) is 0 Å². The fourth-order valence-electron chi connectivity index (χ4n) is 2.40. The normalized spacial score (nSPS) is 12.1. The Hall–Kier alpha value is -1.87. The Kier molecular flexibility index (Phi) is 5.76. The molecule has 0 saturated carbocycles. The van der Waals surface area contributed by atoms with Crippen LogP contribution in [-0.2, 0) is 6.42 Å². The quantitative estimate of drug-likeness (QED) is 0.844. The number of nitrogens with one attached hydrogen (secondary N) is 1. The van der Waals surface area contributed by atoms with Crippen molar-refractivity contribution in [1.82, 2.24) is 10.3 Å². The number of rotatable bonds is 7. The van der Waals surface area contributed by atoms with Gasteiger partial charge in [-0.1, -0.05) is 19.1 Å². The van der Waals surface area contributed by atoms with E-state index in [1.165, 1.54) is 16.8 Å². The van der Waals surface area contributed by atoms with Crippen molar-refractivity contribution in [2.24, 2.45) is 0 Å². The molecule has 0 spiro atoms. The van der Waals surface area contributed by atoms with Gasteiger partial charge >= 0.3 is 0 Å². The van der Waals surface area contributed by atoms with E-state index in [2.05, 4.69) is 72.6 Å². The Morgan fingerprint density at radius 2 is 1.90 bits per heavy atom. The van der Waals surface area contributed by atoms with Crippen LogP contribution < -0.4 is 10.2 Å². The monoisotopic (exact) mass is 283 g/mol. The van der Waals surface area contributed by atoms with Crippen molar-refractivity contribution in [1.29, 1.82) is 0 Å². The summed E-state index contributed by atoms with van der Waals surface area (Å²) in [5.74, 6) is 0. The van der Waals surface area contributed by atoms with Gasteiger partial charge in [-0.15, -0.1) is 0 Å². The lowest BCUT2D eigenvalue weighted by Crippen LogP contribution is -2.24. The smallest absolute Gasteiger partial charge is 0.0364 e. The number of pyridine rings is 1. The maximum absolute atomic E-state index is 4.10. The molecule has 1 atom stereocenters. The van der Waals surface area contributed by atoms with Gasteiger partial charge in [0.25, 0.3) is 0 Å². The van der Waals surface area contributed by atoms with Crippen molar-refractivity contribution in [3.05, 3.63) is 59.9 Å². The van der Waals surface area contributed by atoms with Gasteiger partial charge in [0.1, 0.15) is 0 Å². The second-order valence-electron chi connectivity index (χ2n) is 5.56. The highest BCUT2D eigenvalue weighted by atomic mass is 15.1. The van der Waals surface area contributed by atoms with Gasteiger partial charge in [0.15, 0.2) is 0 Å². The molecule has 0 bridgehead atoms. The highest BCUT2D eigenvalue weighted by molar-refractivity contribution is 5.48. The molecule has 0 aliphatic rings. The van der Waals surface area contributed by atoms with Crippen LogP contribution in [0, 0.1) is 0 Å². The SMILES string of the molecule is CCCNC(Cc1ccncc1)c1cccc(N(C)C)c1. The first kappa shape index (κ1) is 15.5. The topological polar surface area (TPSA) is 28.2 Å². The second-order valence-corrected chi connectivity index (χ2v) is 5.56. The summed E-state index contributed by atoms with van der Waals surface area (Å²) in [6.45, 7) is 3.23. The molecule has 0 fully saturated rings. The summed E-state index contributed by atoms with van der Waals surface area (Å²) in [6, 6.07) is 13.3. The molecule has 2 aromatic rings. The average Bonchev–Trinajstić information content (AvgIpc) is 2.52. The molecule has 0 aliphatic carbocycles.